The summed E-state index contributed by atoms with van der Waals surface area (Å²) in [6.07, 6.45) is 0. The summed E-state index contributed by atoms with van der Waals surface area (Å²) in [7, 11) is 11.3. The Bertz CT molecular complexity index is 3080. The zero-order valence-electron chi connectivity index (χ0n) is 29.4. The summed E-state index contributed by atoms with van der Waals surface area (Å²) in [5, 5.41) is 8.32. The summed E-state index contributed by atoms with van der Waals surface area (Å²) < 4.78 is 4.73. The molecule has 234 valence electrons. The molecule has 0 aliphatic heterocycles. The maximum absolute atomic E-state index is 5.47. The van der Waals surface area contributed by atoms with Crippen LogP contribution >= 0.6 is 0 Å². The molecular weight excluding hydrogens is 615 g/mol. The molecule has 3 heterocycles. The second-order valence-electron chi connectivity index (χ2n) is 14.0. The van der Waals surface area contributed by atoms with Gasteiger partial charge in [-0.05, 0) is 47.2 Å². The maximum atomic E-state index is 5.47. The van der Waals surface area contributed by atoms with Gasteiger partial charge < -0.3 is 4.57 Å². The van der Waals surface area contributed by atoms with Crippen LogP contribution in [0.3, 0.4) is 0 Å². The molecule has 7 aromatic carbocycles. The van der Waals surface area contributed by atoms with Gasteiger partial charge in [0.2, 0.25) is 5.95 Å². The van der Waals surface area contributed by atoms with Crippen molar-refractivity contribution in [3.63, 3.8) is 0 Å². The normalized spacial score (nSPS) is 11.9. The molecule has 0 unspecified atom stereocenters. The highest BCUT2D eigenvalue weighted by atomic mass is 15.2. The number of aromatic nitrogens is 4. The van der Waals surface area contributed by atoms with Crippen LogP contribution in [0.5, 0.6) is 0 Å². The Morgan fingerprint density at radius 3 is 1.65 bits per heavy atom. The van der Waals surface area contributed by atoms with Gasteiger partial charge in [0.1, 0.15) is 39.2 Å². The van der Waals surface area contributed by atoms with Crippen LogP contribution in [-0.4, -0.2) is 58.3 Å². The molecule has 0 spiro atoms. The quantitative estimate of drug-likeness (QED) is 0.276. The largest absolute Gasteiger partial charge is 0.310 e. The lowest BCUT2D eigenvalue weighted by molar-refractivity contribution is 1.01. The van der Waals surface area contributed by atoms with E-state index in [0.717, 1.165) is 33.2 Å². The van der Waals surface area contributed by atoms with Crippen molar-refractivity contribution < 1.29 is 0 Å². The third-order valence-corrected chi connectivity index (χ3v) is 11.5. The van der Waals surface area contributed by atoms with Crippen LogP contribution in [0.15, 0.2) is 127 Å². The van der Waals surface area contributed by atoms with Gasteiger partial charge in [0, 0.05) is 38.2 Å². The van der Waals surface area contributed by atoms with Gasteiger partial charge in [0.05, 0.1) is 33.3 Å². The number of fused-ring (bicyclic) bond motifs is 8. The fraction of sp³-hybridized carbons (Fsp3) is 0. The van der Waals surface area contributed by atoms with Gasteiger partial charge in [-0.1, -0.05) is 113 Å². The van der Waals surface area contributed by atoms with E-state index in [-0.39, 0.29) is 0 Å². The minimum atomic E-state index is 0.669. The third kappa shape index (κ3) is 4.27. The molecule has 0 amide bonds. The Hall–Kier alpha value is -5.94. The molecule has 0 fully saturated rings. The lowest BCUT2D eigenvalue weighted by atomic mass is 9.61. The molecule has 0 saturated heterocycles. The standard InChI is InChI=1S/C42H31B5N4/c43-35-36(44)38(46)41(39(47)37(35)45)50-31-15-7-4-11-25(31)27-18-17-24(21-33(27)50)40-28-13-3-6-14-30(28)48-42(49-40)51-32-16-8-5-12-26(32)29-19-22-9-1-2-10-23(22)20-34(29)51/h1-21H,43-47H2. The van der Waals surface area contributed by atoms with E-state index in [2.05, 4.69) is 176 Å². The zero-order valence-corrected chi connectivity index (χ0v) is 29.4. The smallest absolute Gasteiger partial charge is 0.235 e. The van der Waals surface area contributed by atoms with Gasteiger partial charge in [0.25, 0.3) is 0 Å². The van der Waals surface area contributed by atoms with Crippen LogP contribution in [0, 0.1) is 0 Å². The molecule has 0 atom stereocenters. The van der Waals surface area contributed by atoms with Gasteiger partial charge >= 0.3 is 0 Å². The topological polar surface area (TPSA) is 35.6 Å². The molecule has 4 nitrogen and oxygen atoms in total. The van der Waals surface area contributed by atoms with Crippen molar-refractivity contribution in [2.75, 3.05) is 0 Å². The van der Waals surface area contributed by atoms with Crippen molar-refractivity contribution in [3.05, 3.63) is 127 Å². The minimum absolute atomic E-state index is 0.669. The average molecular weight is 646 g/mol. The van der Waals surface area contributed by atoms with E-state index < -0.39 is 0 Å². The number of para-hydroxylation sites is 3. The average Bonchev–Trinajstić information content (AvgIpc) is 3.67. The Morgan fingerprint density at radius 1 is 0.392 bits per heavy atom. The van der Waals surface area contributed by atoms with E-state index in [0.29, 0.717) is 5.95 Å². The summed E-state index contributed by atoms with van der Waals surface area (Å²) in [6, 6.07) is 45.8. The molecule has 10 aromatic rings. The Labute approximate surface area is 300 Å². The van der Waals surface area contributed by atoms with Crippen LogP contribution in [-0.2, 0) is 0 Å². The number of nitrogens with zero attached hydrogens (tertiary/aromatic N) is 4. The van der Waals surface area contributed by atoms with E-state index in [9.17, 15) is 0 Å². The van der Waals surface area contributed by atoms with Gasteiger partial charge in [-0.2, -0.15) is 0 Å². The van der Waals surface area contributed by atoms with E-state index in [1.54, 1.807) is 0 Å². The molecule has 9 heteroatoms. The maximum Gasteiger partial charge on any atom is 0.235 e. The lowest BCUT2D eigenvalue weighted by Gasteiger charge is -2.22. The second-order valence-corrected chi connectivity index (χ2v) is 14.0. The van der Waals surface area contributed by atoms with E-state index in [4.69, 9.17) is 9.97 Å². The molecule has 0 bridgehead atoms. The third-order valence-electron chi connectivity index (χ3n) is 11.5. The summed E-state index contributed by atoms with van der Waals surface area (Å²) in [6.45, 7) is 0. The summed E-state index contributed by atoms with van der Waals surface area (Å²) >= 11 is 0. The van der Waals surface area contributed by atoms with E-state index in [1.807, 2.05) is 0 Å². The first-order valence-corrected chi connectivity index (χ1v) is 17.7. The number of hydrogen-bond acceptors (Lipinski definition) is 2. The molecule has 3 aromatic heterocycles. The van der Waals surface area contributed by atoms with Crippen molar-refractivity contribution in [2.45, 2.75) is 0 Å². The van der Waals surface area contributed by atoms with E-state index in [1.165, 1.54) is 76.4 Å². The summed E-state index contributed by atoms with van der Waals surface area (Å²) in [5.74, 6) is 0.669. The first kappa shape index (κ1) is 29.9. The summed E-state index contributed by atoms with van der Waals surface area (Å²) in [4.78, 5) is 10.7. The van der Waals surface area contributed by atoms with Crippen molar-refractivity contribution in [1.82, 2.24) is 19.1 Å². The van der Waals surface area contributed by atoms with Crippen molar-refractivity contribution in [3.8, 4) is 22.9 Å². The predicted molar refractivity (Wildman–Crippen MR) is 232 cm³/mol. The number of rotatable bonds is 3. The van der Waals surface area contributed by atoms with Gasteiger partial charge in [-0.25, -0.2) is 9.97 Å². The van der Waals surface area contributed by atoms with Crippen molar-refractivity contribution >= 4 is 132 Å². The van der Waals surface area contributed by atoms with Crippen LogP contribution in [0.4, 0.5) is 0 Å². The Morgan fingerprint density at radius 2 is 0.922 bits per heavy atom. The van der Waals surface area contributed by atoms with Crippen LogP contribution in [0.2, 0.25) is 0 Å². The molecule has 10 rings (SSSR count). The van der Waals surface area contributed by atoms with Crippen LogP contribution in [0.25, 0.3) is 88.2 Å². The fourth-order valence-corrected chi connectivity index (χ4v) is 8.43. The van der Waals surface area contributed by atoms with Gasteiger partial charge in [0.15, 0.2) is 0 Å². The summed E-state index contributed by atoms with van der Waals surface area (Å²) in [5.41, 5.74) is 15.5. The molecular formula is C42H31B5N4. The molecule has 0 aliphatic rings. The van der Waals surface area contributed by atoms with Crippen LogP contribution in [0.1, 0.15) is 0 Å². The highest BCUT2D eigenvalue weighted by Gasteiger charge is 2.21. The predicted octanol–water partition coefficient (Wildman–Crippen LogP) is 1.94. The minimum Gasteiger partial charge on any atom is -0.310 e. The highest BCUT2D eigenvalue weighted by Crippen LogP contribution is 2.38. The highest BCUT2D eigenvalue weighted by molar-refractivity contribution is 6.68. The fourth-order valence-electron chi connectivity index (χ4n) is 8.43. The van der Waals surface area contributed by atoms with E-state index >= 15 is 0 Å². The monoisotopic (exact) mass is 646 g/mol. The van der Waals surface area contributed by atoms with Gasteiger partial charge in [-0.3, -0.25) is 4.57 Å². The zero-order chi connectivity index (χ0) is 34.5. The molecule has 0 N–H and O–H groups in total. The SMILES string of the molecule is Bc1c(B)c(B)c(-n2c3ccccc3c3ccc(-c4nc(-n5c6ccccc6c6cc7ccccc7cc65)nc5ccccc45)cc32)c(B)c1B. The molecule has 0 aliphatic carbocycles. The van der Waals surface area contributed by atoms with Crippen molar-refractivity contribution in [2.24, 2.45) is 0 Å². The molecule has 51 heavy (non-hydrogen) atoms. The first-order valence-electron chi connectivity index (χ1n) is 17.7. The van der Waals surface area contributed by atoms with Crippen molar-refractivity contribution in [1.29, 1.82) is 0 Å². The second kappa shape index (κ2) is 11.0. The number of hydrogen-bond donors (Lipinski definition) is 0. The molecule has 0 saturated carbocycles. The van der Waals surface area contributed by atoms with Crippen LogP contribution < -0.4 is 27.3 Å². The Kier molecular flexibility index (Phi) is 6.48. The lowest BCUT2D eigenvalue weighted by Crippen LogP contribution is -2.56. The van der Waals surface area contributed by atoms with Gasteiger partial charge in [-0.15, -0.1) is 5.46 Å². The first-order chi connectivity index (χ1) is 24.9. The molecule has 0 radical (unpaired) electrons. The Balaban J connectivity index is 1.29. The number of benzene rings is 7.